The molecule has 0 spiro atoms. The van der Waals surface area contributed by atoms with Crippen molar-refractivity contribution in [1.29, 1.82) is 0 Å². The number of hydrogen-bond donors (Lipinski definition) is 1. The van der Waals surface area contributed by atoms with E-state index in [4.69, 9.17) is 16.7 Å². The van der Waals surface area contributed by atoms with Gasteiger partial charge in [-0.1, -0.05) is 29.8 Å². The first-order valence-electron chi connectivity index (χ1n) is 6.27. The monoisotopic (exact) mass is 283 g/mol. The van der Waals surface area contributed by atoms with Gasteiger partial charge in [-0.25, -0.2) is 0 Å². The van der Waals surface area contributed by atoms with Crippen LogP contribution in [-0.2, 0) is 16.1 Å². The molecule has 1 aromatic carbocycles. The van der Waals surface area contributed by atoms with Gasteiger partial charge in [-0.2, -0.15) is 0 Å². The van der Waals surface area contributed by atoms with Gasteiger partial charge in [0.2, 0.25) is 5.91 Å². The Bertz CT molecular complexity index is 448. The molecule has 0 fully saturated rings. The Hall–Kier alpha value is -1.55. The molecular formula is C14H18ClNO3. The molecule has 104 valence electrons. The Morgan fingerprint density at radius 2 is 1.95 bits per heavy atom. The average molecular weight is 284 g/mol. The third kappa shape index (κ3) is 5.30. The molecular weight excluding hydrogens is 266 g/mol. The van der Waals surface area contributed by atoms with E-state index in [1.54, 1.807) is 11.0 Å². The summed E-state index contributed by atoms with van der Waals surface area (Å²) in [5.41, 5.74) is 0.901. The Morgan fingerprint density at radius 1 is 1.26 bits per heavy atom. The summed E-state index contributed by atoms with van der Waals surface area (Å²) in [7, 11) is 0. The van der Waals surface area contributed by atoms with E-state index in [1.807, 2.05) is 25.1 Å². The number of benzene rings is 1. The molecule has 0 aliphatic rings. The Kier molecular flexibility index (Phi) is 6.36. The molecule has 0 saturated carbocycles. The second-order valence-electron chi connectivity index (χ2n) is 4.25. The van der Waals surface area contributed by atoms with Crippen molar-refractivity contribution in [2.45, 2.75) is 32.7 Å². The molecule has 19 heavy (non-hydrogen) atoms. The van der Waals surface area contributed by atoms with Gasteiger partial charge in [-0.05, 0) is 25.0 Å². The molecule has 0 bridgehead atoms. The summed E-state index contributed by atoms with van der Waals surface area (Å²) >= 11 is 6.06. The molecule has 0 aromatic heterocycles. The lowest BCUT2D eigenvalue weighted by Gasteiger charge is -2.21. The number of carboxylic acid groups (broad SMARTS) is 1. The van der Waals surface area contributed by atoms with Gasteiger partial charge < -0.3 is 10.0 Å². The highest BCUT2D eigenvalue weighted by Crippen LogP contribution is 2.17. The predicted octanol–water partition coefficient (Wildman–Crippen LogP) is 2.94. The fourth-order valence-electron chi connectivity index (χ4n) is 1.76. The van der Waals surface area contributed by atoms with Crippen LogP contribution in [0.1, 0.15) is 31.7 Å². The van der Waals surface area contributed by atoms with E-state index in [0.29, 0.717) is 24.5 Å². The van der Waals surface area contributed by atoms with E-state index >= 15 is 0 Å². The van der Waals surface area contributed by atoms with Crippen molar-refractivity contribution < 1.29 is 14.7 Å². The molecule has 0 aliphatic heterocycles. The molecule has 0 radical (unpaired) electrons. The van der Waals surface area contributed by atoms with Gasteiger partial charge in [0, 0.05) is 31.0 Å². The second-order valence-corrected chi connectivity index (χ2v) is 4.65. The number of amides is 1. The van der Waals surface area contributed by atoms with E-state index in [1.165, 1.54) is 0 Å². The highest BCUT2D eigenvalue weighted by molar-refractivity contribution is 6.31. The highest BCUT2D eigenvalue weighted by Gasteiger charge is 2.13. The summed E-state index contributed by atoms with van der Waals surface area (Å²) in [6.45, 7) is 2.94. The number of aliphatic carboxylic acids is 1. The van der Waals surface area contributed by atoms with Crippen LogP contribution in [0.5, 0.6) is 0 Å². The molecule has 1 aromatic rings. The summed E-state index contributed by atoms with van der Waals surface area (Å²) in [6.07, 6.45) is 0.646. The maximum Gasteiger partial charge on any atom is 0.303 e. The van der Waals surface area contributed by atoms with E-state index < -0.39 is 5.97 Å². The molecule has 0 heterocycles. The van der Waals surface area contributed by atoms with Crippen LogP contribution in [0.3, 0.4) is 0 Å². The zero-order valence-electron chi connectivity index (χ0n) is 10.9. The van der Waals surface area contributed by atoms with Crippen LogP contribution < -0.4 is 0 Å². The van der Waals surface area contributed by atoms with Crippen molar-refractivity contribution in [1.82, 2.24) is 4.90 Å². The molecule has 1 N–H and O–H groups in total. The number of halogens is 1. The minimum atomic E-state index is -0.873. The van der Waals surface area contributed by atoms with E-state index in [9.17, 15) is 9.59 Å². The van der Waals surface area contributed by atoms with Gasteiger partial charge in [0.25, 0.3) is 0 Å². The van der Waals surface area contributed by atoms with Crippen molar-refractivity contribution in [3.63, 3.8) is 0 Å². The number of carboxylic acids is 1. The minimum Gasteiger partial charge on any atom is -0.481 e. The quantitative estimate of drug-likeness (QED) is 0.837. The Labute approximate surface area is 118 Å². The third-order valence-corrected chi connectivity index (χ3v) is 3.20. The van der Waals surface area contributed by atoms with E-state index in [2.05, 4.69) is 0 Å². The van der Waals surface area contributed by atoms with Crippen LogP contribution in [-0.4, -0.2) is 28.4 Å². The summed E-state index contributed by atoms with van der Waals surface area (Å²) in [5.74, 6) is -0.911. The van der Waals surface area contributed by atoms with E-state index in [-0.39, 0.29) is 18.7 Å². The predicted molar refractivity (Wildman–Crippen MR) is 74.0 cm³/mol. The first-order valence-corrected chi connectivity index (χ1v) is 6.65. The van der Waals surface area contributed by atoms with Crippen molar-refractivity contribution >= 4 is 23.5 Å². The number of carbonyl (C=O) groups is 2. The third-order valence-electron chi connectivity index (χ3n) is 2.83. The van der Waals surface area contributed by atoms with Crippen LogP contribution in [0.2, 0.25) is 5.02 Å². The first kappa shape index (κ1) is 15.5. The van der Waals surface area contributed by atoms with Crippen molar-refractivity contribution in [3.8, 4) is 0 Å². The maximum absolute atomic E-state index is 12.0. The zero-order valence-corrected chi connectivity index (χ0v) is 11.7. The van der Waals surface area contributed by atoms with Gasteiger partial charge in [-0.15, -0.1) is 0 Å². The fourth-order valence-corrected chi connectivity index (χ4v) is 1.95. The standard InChI is InChI=1S/C14H18ClNO3/c1-2-16(13(17)8-5-9-14(18)19)10-11-6-3-4-7-12(11)15/h3-4,6-7H,2,5,8-10H2,1H3,(H,18,19). The molecule has 5 heteroatoms. The van der Waals surface area contributed by atoms with Gasteiger partial charge in [0.1, 0.15) is 0 Å². The highest BCUT2D eigenvalue weighted by atomic mass is 35.5. The topological polar surface area (TPSA) is 57.6 Å². The molecule has 0 atom stereocenters. The molecule has 1 amide bonds. The van der Waals surface area contributed by atoms with Gasteiger partial charge in [0.05, 0.1) is 0 Å². The maximum atomic E-state index is 12.0. The second kappa shape index (κ2) is 7.79. The molecule has 1 rings (SSSR count). The minimum absolute atomic E-state index is 0.0232. The number of hydrogen-bond acceptors (Lipinski definition) is 2. The Morgan fingerprint density at radius 3 is 2.53 bits per heavy atom. The van der Waals surface area contributed by atoms with Crippen molar-refractivity contribution in [3.05, 3.63) is 34.9 Å². The molecule has 0 saturated heterocycles. The fraction of sp³-hybridized carbons (Fsp3) is 0.429. The van der Waals surface area contributed by atoms with Gasteiger partial charge in [0.15, 0.2) is 0 Å². The van der Waals surface area contributed by atoms with E-state index in [0.717, 1.165) is 5.56 Å². The normalized spacial score (nSPS) is 10.2. The van der Waals surface area contributed by atoms with Crippen LogP contribution in [0.15, 0.2) is 24.3 Å². The number of rotatable bonds is 7. The van der Waals surface area contributed by atoms with Gasteiger partial charge >= 0.3 is 5.97 Å². The van der Waals surface area contributed by atoms with Crippen LogP contribution >= 0.6 is 11.6 Å². The lowest BCUT2D eigenvalue weighted by molar-refractivity contribution is -0.137. The van der Waals surface area contributed by atoms with Crippen LogP contribution in [0.4, 0.5) is 0 Å². The van der Waals surface area contributed by atoms with Crippen LogP contribution in [0, 0.1) is 0 Å². The van der Waals surface area contributed by atoms with Crippen LogP contribution in [0.25, 0.3) is 0 Å². The zero-order chi connectivity index (χ0) is 14.3. The summed E-state index contributed by atoms with van der Waals surface area (Å²) in [4.78, 5) is 24.1. The largest absolute Gasteiger partial charge is 0.481 e. The lowest BCUT2D eigenvalue weighted by Crippen LogP contribution is -2.30. The summed E-state index contributed by atoms with van der Waals surface area (Å²) in [6, 6.07) is 7.40. The molecule has 4 nitrogen and oxygen atoms in total. The van der Waals surface area contributed by atoms with Crippen molar-refractivity contribution in [2.75, 3.05) is 6.54 Å². The summed E-state index contributed by atoms with van der Waals surface area (Å²) < 4.78 is 0. The van der Waals surface area contributed by atoms with Crippen molar-refractivity contribution in [2.24, 2.45) is 0 Å². The smallest absolute Gasteiger partial charge is 0.303 e. The molecule has 0 unspecified atom stereocenters. The average Bonchev–Trinajstić information content (AvgIpc) is 2.37. The number of nitrogens with zero attached hydrogens (tertiary/aromatic N) is 1. The Balaban J connectivity index is 2.55. The molecule has 0 aliphatic carbocycles. The lowest BCUT2D eigenvalue weighted by atomic mass is 10.2. The SMILES string of the molecule is CCN(Cc1ccccc1Cl)C(=O)CCCC(=O)O. The van der Waals surface area contributed by atoms with Gasteiger partial charge in [-0.3, -0.25) is 9.59 Å². The number of carbonyl (C=O) groups excluding carboxylic acids is 1. The first-order chi connectivity index (χ1) is 9.04. The summed E-state index contributed by atoms with van der Waals surface area (Å²) in [5, 5.41) is 9.19.